The number of benzene rings is 1. The molecule has 1 aromatic carbocycles. The predicted octanol–water partition coefficient (Wildman–Crippen LogP) is 2.67. The van der Waals surface area contributed by atoms with Gasteiger partial charge in [0.25, 0.3) is 0 Å². The molecule has 0 unspecified atom stereocenters. The molecule has 0 aliphatic carbocycles. The van der Waals surface area contributed by atoms with Crippen molar-refractivity contribution in [3.8, 4) is 11.4 Å². The lowest BCUT2D eigenvalue weighted by Gasteiger charge is -2.02. The number of nitrogens with one attached hydrogen (secondary N) is 1. The summed E-state index contributed by atoms with van der Waals surface area (Å²) >= 11 is 3.44. The summed E-state index contributed by atoms with van der Waals surface area (Å²) in [5.41, 5.74) is 9.18. The first-order chi connectivity index (χ1) is 8.65. The van der Waals surface area contributed by atoms with Crippen LogP contribution >= 0.6 is 15.9 Å². The molecule has 0 aliphatic heterocycles. The molecular weight excluding hydrogens is 294 g/mol. The molecule has 0 spiro atoms. The number of nitrogen functional groups attached to an aromatic ring is 1. The Balaban J connectivity index is 2.23. The van der Waals surface area contributed by atoms with Crippen LogP contribution in [0.15, 0.2) is 29.0 Å². The second-order valence-electron chi connectivity index (χ2n) is 4.00. The molecule has 3 N–H and O–H groups in total. The third kappa shape index (κ3) is 1.74. The summed E-state index contributed by atoms with van der Waals surface area (Å²) < 4.78 is 1.04. The highest BCUT2D eigenvalue weighted by Gasteiger charge is 2.10. The second-order valence-corrected chi connectivity index (χ2v) is 4.92. The van der Waals surface area contributed by atoms with Crippen molar-refractivity contribution in [1.82, 2.24) is 19.9 Å². The van der Waals surface area contributed by atoms with Gasteiger partial charge in [0.15, 0.2) is 11.5 Å². The Morgan fingerprint density at radius 3 is 2.83 bits per heavy atom. The van der Waals surface area contributed by atoms with Gasteiger partial charge in [0.05, 0.1) is 0 Å². The molecule has 18 heavy (non-hydrogen) atoms. The van der Waals surface area contributed by atoms with Crippen LogP contribution in [0.5, 0.6) is 0 Å². The number of H-pyrrole nitrogens is 1. The number of nitrogens with zero attached hydrogens (tertiary/aromatic N) is 3. The van der Waals surface area contributed by atoms with Crippen LogP contribution in [0.1, 0.15) is 5.56 Å². The molecule has 0 atom stereocenters. The van der Waals surface area contributed by atoms with Crippen molar-refractivity contribution in [2.45, 2.75) is 6.92 Å². The van der Waals surface area contributed by atoms with E-state index in [1.54, 1.807) is 0 Å². The number of anilines is 1. The van der Waals surface area contributed by atoms with Crippen LogP contribution in [0.3, 0.4) is 0 Å². The monoisotopic (exact) mass is 303 g/mol. The summed E-state index contributed by atoms with van der Waals surface area (Å²) in [5, 5.41) is 0. The Morgan fingerprint density at radius 1 is 1.28 bits per heavy atom. The highest BCUT2D eigenvalue weighted by molar-refractivity contribution is 9.10. The van der Waals surface area contributed by atoms with E-state index in [9.17, 15) is 0 Å². The number of rotatable bonds is 1. The first-order valence-electron chi connectivity index (χ1n) is 5.38. The molecule has 6 heteroatoms. The van der Waals surface area contributed by atoms with E-state index in [2.05, 4.69) is 35.9 Å². The summed E-state index contributed by atoms with van der Waals surface area (Å²) in [7, 11) is 0. The molecule has 0 aliphatic rings. The van der Waals surface area contributed by atoms with E-state index in [-0.39, 0.29) is 0 Å². The van der Waals surface area contributed by atoms with Gasteiger partial charge in [-0.25, -0.2) is 15.0 Å². The van der Waals surface area contributed by atoms with E-state index >= 15 is 0 Å². The number of hydrogen-bond acceptors (Lipinski definition) is 4. The predicted molar refractivity (Wildman–Crippen MR) is 74.0 cm³/mol. The average molecular weight is 304 g/mol. The van der Waals surface area contributed by atoms with Gasteiger partial charge in [-0.1, -0.05) is 15.9 Å². The van der Waals surface area contributed by atoms with E-state index < -0.39 is 0 Å². The largest absolute Gasteiger partial charge is 0.382 e. The summed E-state index contributed by atoms with van der Waals surface area (Å²) in [6.07, 6.45) is 1.41. The number of aryl methyl sites for hydroxylation is 1. The van der Waals surface area contributed by atoms with E-state index in [0.29, 0.717) is 17.0 Å². The van der Waals surface area contributed by atoms with E-state index in [0.717, 1.165) is 21.4 Å². The molecule has 0 saturated carbocycles. The van der Waals surface area contributed by atoms with Gasteiger partial charge in [-0.2, -0.15) is 0 Å². The Labute approximate surface area is 112 Å². The van der Waals surface area contributed by atoms with Gasteiger partial charge in [-0.15, -0.1) is 0 Å². The van der Waals surface area contributed by atoms with Crippen molar-refractivity contribution in [2.75, 3.05) is 5.73 Å². The molecule has 0 amide bonds. The smallest absolute Gasteiger partial charge is 0.183 e. The number of aromatic nitrogens is 4. The molecule has 2 heterocycles. The van der Waals surface area contributed by atoms with Crippen LogP contribution in [-0.2, 0) is 0 Å². The van der Waals surface area contributed by atoms with Gasteiger partial charge in [0.2, 0.25) is 0 Å². The maximum atomic E-state index is 5.78. The SMILES string of the molecule is Cc1cc(Br)ccc1-c1nc2ncnc(N)c2[nH]1. The third-order valence-corrected chi connectivity index (χ3v) is 3.25. The topological polar surface area (TPSA) is 80.5 Å². The summed E-state index contributed by atoms with van der Waals surface area (Å²) in [6.45, 7) is 2.03. The van der Waals surface area contributed by atoms with Crippen LogP contribution in [0.25, 0.3) is 22.6 Å². The zero-order chi connectivity index (χ0) is 12.7. The van der Waals surface area contributed by atoms with Crippen LogP contribution in [0.4, 0.5) is 5.82 Å². The fourth-order valence-corrected chi connectivity index (χ4v) is 2.34. The lowest BCUT2D eigenvalue weighted by Crippen LogP contribution is -1.91. The normalized spacial score (nSPS) is 11.0. The van der Waals surface area contributed by atoms with Crippen LogP contribution < -0.4 is 5.73 Å². The van der Waals surface area contributed by atoms with Crippen LogP contribution in [0.2, 0.25) is 0 Å². The minimum atomic E-state index is 0.411. The lowest BCUT2D eigenvalue weighted by atomic mass is 10.1. The summed E-state index contributed by atoms with van der Waals surface area (Å²) in [5.74, 6) is 1.16. The minimum Gasteiger partial charge on any atom is -0.382 e. The van der Waals surface area contributed by atoms with Gasteiger partial charge in [0, 0.05) is 10.0 Å². The van der Waals surface area contributed by atoms with E-state index in [4.69, 9.17) is 5.73 Å². The Bertz CT molecular complexity index is 734. The molecular formula is C12H10BrN5. The first-order valence-corrected chi connectivity index (χ1v) is 6.17. The van der Waals surface area contributed by atoms with Gasteiger partial charge >= 0.3 is 0 Å². The summed E-state index contributed by atoms with van der Waals surface area (Å²) in [4.78, 5) is 15.6. The summed E-state index contributed by atoms with van der Waals surface area (Å²) in [6, 6.07) is 6.02. The van der Waals surface area contributed by atoms with Crippen molar-refractivity contribution < 1.29 is 0 Å². The van der Waals surface area contributed by atoms with Gasteiger partial charge in [-0.05, 0) is 30.7 Å². The van der Waals surface area contributed by atoms with Crippen molar-refractivity contribution >= 4 is 32.9 Å². The third-order valence-electron chi connectivity index (χ3n) is 2.76. The van der Waals surface area contributed by atoms with Crippen LogP contribution in [0, 0.1) is 6.92 Å². The zero-order valence-corrected chi connectivity index (χ0v) is 11.2. The minimum absolute atomic E-state index is 0.411. The van der Waals surface area contributed by atoms with Crippen molar-refractivity contribution in [1.29, 1.82) is 0 Å². The Hall–Kier alpha value is -1.95. The standard InChI is InChI=1S/C12H10BrN5/c1-6-4-7(13)2-3-8(6)11-17-9-10(14)15-5-16-12(9)18-11/h2-5H,1H3,(H3,14,15,16,17,18). The van der Waals surface area contributed by atoms with Gasteiger partial charge in [0.1, 0.15) is 17.7 Å². The second kappa shape index (κ2) is 4.06. The molecule has 0 bridgehead atoms. The molecule has 3 rings (SSSR count). The number of imidazole rings is 1. The van der Waals surface area contributed by atoms with Crippen molar-refractivity contribution in [2.24, 2.45) is 0 Å². The van der Waals surface area contributed by atoms with E-state index in [1.807, 2.05) is 25.1 Å². The average Bonchev–Trinajstić information content (AvgIpc) is 2.74. The molecule has 90 valence electrons. The molecule has 0 fully saturated rings. The Morgan fingerprint density at radius 2 is 2.11 bits per heavy atom. The number of nitrogens with two attached hydrogens (primary N) is 1. The number of hydrogen-bond donors (Lipinski definition) is 2. The maximum absolute atomic E-state index is 5.78. The first kappa shape index (κ1) is 11.2. The van der Waals surface area contributed by atoms with Crippen molar-refractivity contribution in [3.63, 3.8) is 0 Å². The van der Waals surface area contributed by atoms with Crippen molar-refractivity contribution in [3.05, 3.63) is 34.6 Å². The van der Waals surface area contributed by atoms with Gasteiger partial charge in [-0.3, -0.25) is 0 Å². The molecule has 5 nitrogen and oxygen atoms in total. The number of fused-ring (bicyclic) bond motifs is 1. The quantitative estimate of drug-likeness (QED) is 0.724. The maximum Gasteiger partial charge on any atom is 0.183 e. The number of halogens is 1. The van der Waals surface area contributed by atoms with Crippen LogP contribution in [-0.4, -0.2) is 19.9 Å². The molecule has 0 radical (unpaired) electrons. The molecule has 2 aromatic heterocycles. The Kier molecular flexibility index (Phi) is 2.52. The fraction of sp³-hybridized carbons (Fsp3) is 0.0833. The van der Waals surface area contributed by atoms with E-state index in [1.165, 1.54) is 6.33 Å². The van der Waals surface area contributed by atoms with Gasteiger partial charge < -0.3 is 10.7 Å². The lowest BCUT2D eigenvalue weighted by molar-refractivity contribution is 1.21. The molecule has 0 saturated heterocycles. The zero-order valence-electron chi connectivity index (χ0n) is 9.61. The highest BCUT2D eigenvalue weighted by Crippen LogP contribution is 2.26. The fourth-order valence-electron chi connectivity index (χ4n) is 1.87. The molecule has 3 aromatic rings. The number of aromatic amines is 1. The highest BCUT2D eigenvalue weighted by atomic mass is 79.9.